The SMILES string of the molecule is CCCCOc1cccc(-c2cc(C(=O)N/N=C\c3ccncc3)c3ccccc3n2)c1. The number of unbranched alkanes of at least 4 members (excludes halogenated alkanes) is 1. The van der Waals surface area contributed by atoms with Crippen LogP contribution in [0.4, 0.5) is 0 Å². The summed E-state index contributed by atoms with van der Waals surface area (Å²) >= 11 is 0. The first-order valence-corrected chi connectivity index (χ1v) is 10.6. The van der Waals surface area contributed by atoms with Crippen molar-refractivity contribution in [3.63, 3.8) is 0 Å². The molecule has 4 rings (SSSR count). The minimum absolute atomic E-state index is 0.300. The van der Waals surface area contributed by atoms with Crippen LogP contribution in [0.2, 0.25) is 0 Å². The van der Waals surface area contributed by atoms with Crippen molar-refractivity contribution in [3.8, 4) is 17.0 Å². The monoisotopic (exact) mass is 424 g/mol. The van der Waals surface area contributed by atoms with Crippen LogP contribution < -0.4 is 10.2 Å². The van der Waals surface area contributed by atoms with Crippen LogP contribution in [0.15, 0.2) is 84.2 Å². The normalized spacial score (nSPS) is 11.0. The van der Waals surface area contributed by atoms with Gasteiger partial charge in [-0.1, -0.05) is 43.7 Å². The number of nitrogens with zero attached hydrogens (tertiary/aromatic N) is 3. The predicted molar refractivity (Wildman–Crippen MR) is 127 cm³/mol. The Morgan fingerprint density at radius 1 is 1.06 bits per heavy atom. The fourth-order valence-electron chi connectivity index (χ4n) is 3.27. The molecular weight excluding hydrogens is 400 g/mol. The van der Waals surface area contributed by atoms with E-state index in [0.29, 0.717) is 17.9 Å². The van der Waals surface area contributed by atoms with Crippen LogP contribution in [0.1, 0.15) is 35.7 Å². The Balaban J connectivity index is 1.64. The molecule has 0 saturated carbocycles. The van der Waals surface area contributed by atoms with E-state index in [1.807, 2.05) is 60.7 Å². The Morgan fingerprint density at radius 3 is 2.75 bits per heavy atom. The highest BCUT2D eigenvalue weighted by atomic mass is 16.5. The predicted octanol–water partition coefficient (Wildman–Crippen LogP) is 5.24. The number of pyridine rings is 2. The third kappa shape index (κ3) is 5.16. The van der Waals surface area contributed by atoms with Gasteiger partial charge in [-0.2, -0.15) is 5.10 Å². The summed E-state index contributed by atoms with van der Waals surface area (Å²) in [6, 6.07) is 20.8. The molecule has 0 aliphatic heterocycles. The molecule has 1 N–H and O–H groups in total. The lowest BCUT2D eigenvalue weighted by Crippen LogP contribution is -2.18. The van der Waals surface area contributed by atoms with Crippen molar-refractivity contribution in [2.45, 2.75) is 19.8 Å². The van der Waals surface area contributed by atoms with Gasteiger partial charge in [-0.05, 0) is 48.4 Å². The molecule has 2 aromatic heterocycles. The van der Waals surface area contributed by atoms with Gasteiger partial charge in [0.15, 0.2) is 0 Å². The number of aromatic nitrogens is 2. The van der Waals surface area contributed by atoms with E-state index < -0.39 is 0 Å². The second-order valence-electron chi connectivity index (χ2n) is 7.28. The molecular formula is C26H24N4O2. The van der Waals surface area contributed by atoms with E-state index in [4.69, 9.17) is 9.72 Å². The van der Waals surface area contributed by atoms with Crippen LogP contribution in [0, 0.1) is 0 Å². The largest absolute Gasteiger partial charge is 0.494 e. The number of amides is 1. The van der Waals surface area contributed by atoms with Crippen molar-refractivity contribution >= 4 is 23.0 Å². The molecule has 6 nitrogen and oxygen atoms in total. The van der Waals surface area contributed by atoms with Crippen molar-refractivity contribution in [3.05, 3.63) is 90.3 Å². The minimum Gasteiger partial charge on any atom is -0.494 e. The first-order valence-electron chi connectivity index (χ1n) is 10.6. The molecule has 0 fully saturated rings. The average molecular weight is 425 g/mol. The smallest absolute Gasteiger partial charge is 0.272 e. The maximum absolute atomic E-state index is 13.0. The second-order valence-corrected chi connectivity index (χ2v) is 7.28. The Bertz CT molecular complexity index is 1240. The first kappa shape index (κ1) is 21.2. The Labute approximate surface area is 187 Å². The summed E-state index contributed by atoms with van der Waals surface area (Å²) in [5.41, 5.74) is 6.31. The summed E-state index contributed by atoms with van der Waals surface area (Å²) in [5.74, 6) is 0.490. The molecule has 6 heteroatoms. The topological polar surface area (TPSA) is 76.5 Å². The summed E-state index contributed by atoms with van der Waals surface area (Å²) in [6.07, 6.45) is 7.01. The Morgan fingerprint density at radius 2 is 1.91 bits per heavy atom. The van der Waals surface area contributed by atoms with Crippen molar-refractivity contribution in [2.75, 3.05) is 6.61 Å². The number of hydrazone groups is 1. The van der Waals surface area contributed by atoms with E-state index in [2.05, 4.69) is 22.4 Å². The highest BCUT2D eigenvalue weighted by Crippen LogP contribution is 2.27. The maximum atomic E-state index is 13.0. The highest BCUT2D eigenvalue weighted by Gasteiger charge is 2.14. The van der Waals surface area contributed by atoms with Crippen LogP contribution in [0.3, 0.4) is 0 Å². The lowest BCUT2D eigenvalue weighted by molar-refractivity contribution is 0.0956. The molecule has 0 aliphatic rings. The molecule has 2 heterocycles. The molecule has 160 valence electrons. The number of carbonyl (C=O) groups is 1. The zero-order valence-electron chi connectivity index (χ0n) is 17.9. The summed E-state index contributed by atoms with van der Waals surface area (Å²) in [5, 5.41) is 4.86. The van der Waals surface area contributed by atoms with E-state index >= 15 is 0 Å². The van der Waals surface area contributed by atoms with Gasteiger partial charge in [0.2, 0.25) is 0 Å². The van der Waals surface area contributed by atoms with E-state index in [9.17, 15) is 4.79 Å². The van der Waals surface area contributed by atoms with E-state index in [1.54, 1.807) is 24.7 Å². The van der Waals surface area contributed by atoms with E-state index in [1.165, 1.54) is 0 Å². The van der Waals surface area contributed by atoms with Crippen LogP contribution in [-0.4, -0.2) is 28.7 Å². The van der Waals surface area contributed by atoms with Crippen LogP contribution in [0.25, 0.3) is 22.2 Å². The summed E-state index contributed by atoms with van der Waals surface area (Å²) in [4.78, 5) is 21.7. The molecule has 0 atom stereocenters. The molecule has 0 bridgehead atoms. The molecule has 0 spiro atoms. The average Bonchev–Trinajstić information content (AvgIpc) is 2.84. The van der Waals surface area contributed by atoms with Gasteiger partial charge in [0.05, 0.1) is 29.6 Å². The van der Waals surface area contributed by atoms with Gasteiger partial charge in [0.25, 0.3) is 5.91 Å². The van der Waals surface area contributed by atoms with Gasteiger partial charge in [-0.15, -0.1) is 0 Å². The number of fused-ring (bicyclic) bond motifs is 1. The Kier molecular flexibility index (Phi) is 6.82. The number of hydrogen-bond acceptors (Lipinski definition) is 5. The molecule has 0 unspecified atom stereocenters. The number of benzene rings is 2. The maximum Gasteiger partial charge on any atom is 0.272 e. The summed E-state index contributed by atoms with van der Waals surface area (Å²) < 4.78 is 5.84. The van der Waals surface area contributed by atoms with Gasteiger partial charge in [0, 0.05) is 23.3 Å². The molecule has 0 radical (unpaired) electrons. The van der Waals surface area contributed by atoms with Gasteiger partial charge < -0.3 is 4.74 Å². The lowest BCUT2D eigenvalue weighted by Gasteiger charge is -2.11. The fourth-order valence-corrected chi connectivity index (χ4v) is 3.27. The summed E-state index contributed by atoms with van der Waals surface area (Å²) in [7, 11) is 0. The second kappa shape index (κ2) is 10.3. The third-order valence-corrected chi connectivity index (χ3v) is 4.94. The number of carbonyl (C=O) groups excluding carboxylic acids is 1. The van der Waals surface area contributed by atoms with Crippen molar-refractivity contribution in [2.24, 2.45) is 5.10 Å². The van der Waals surface area contributed by atoms with Crippen LogP contribution in [0.5, 0.6) is 5.75 Å². The molecule has 4 aromatic rings. The number of para-hydroxylation sites is 1. The third-order valence-electron chi connectivity index (χ3n) is 4.94. The summed E-state index contributed by atoms with van der Waals surface area (Å²) in [6.45, 7) is 2.81. The van der Waals surface area contributed by atoms with Crippen molar-refractivity contribution < 1.29 is 9.53 Å². The van der Waals surface area contributed by atoms with E-state index in [-0.39, 0.29) is 5.91 Å². The number of rotatable bonds is 8. The van der Waals surface area contributed by atoms with Crippen molar-refractivity contribution in [1.82, 2.24) is 15.4 Å². The standard InChI is InChI=1S/C26H24N4O2/c1-2-3-15-32-21-8-6-7-20(16-21)25-17-23(22-9-4-5-10-24(22)29-25)26(31)30-28-18-19-11-13-27-14-12-19/h4-14,16-18H,2-3,15H2,1H3,(H,30,31)/b28-18-. The van der Waals surface area contributed by atoms with Gasteiger partial charge in [-0.3, -0.25) is 9.78 Å². The number of ether oxygens (including phenoxy) is 1. The Hall–Kier alpha value is -4.06. The number of nitrogens with one attached hydrogen (secondary N) is 1. The lowest BCUT2D eigenvalue weighted by atomic mass is 10.0. The first-order chi connectivity index (χ1) is 15.7. The quantitative estimate of drug-likeness (QED) is 0.238. The molecule has 0 aliphatic carbocycles. The minimum atomic E-state index is -0.300. The highest BCUT2D eigenvalue weighted by molar-refractivity contribution is 6.07. The van der Waals surface area contributed by atoms with E-state index in [0.717, 1.165) is 40.6 Å². The van der Waals surface area contributed by atoms with Crippen LogP contribution in [-0.2, 0) is 0 Å². The molecule has 1 amide bonds. The van der Waals surface area contributed by atoms with Gasteiger partial charge >= 0.3 is 0 Å². The van der Waals surface area contributed by atoms with Gasteiger partial charge in [-0.25, -0.2) is 10.4 Å². The number of hydrogen-bond donors (Lipinski definition) is 1. The molecule has 0 saturated heterocycles. The zero-order valence-corrected chi connectivity index (χ0v) is 17.9. The zero-order chi connectivity index (χ0) is 22.2. The molecule has 32 heavy (non-hydrogen) atoms. The molecule has 2 aromatic carbocycles. The fraction of sp³-hybridized carbons (Fsp3) is 0.154. The van der Waals surface area contributed by atoms with Gasteiger partial charge in [0.1, 0.15) is 5.75 Å². The van der Waals surface area contributed by atoms with Crippen LogP contribution >= 0.6 is 0 Å². The van der Waals surface area contributed by atoms with Crippen molar-refractivity contribution in [1.29, 1.82) is 0 Å².